The first-order valence-corrected chi connectivity index (χ1v) is 12.8. The fraction of sp³-hybridized carbons (Fsp3) is 0.448. The minimum Gasteiger partial charge on any atom is -0.497 e. The van der Waals surface area contributed by atoms with Crippen LogP contribution in [0.3, 0.4) is 0 Å². The Bertz CT molecular complexity index is 1130. The van der Waals surface area contributed by atoms with Crippen LogP contribution in [0, 0.1) is 5.92 Å². The maximum Gasteiger partial charge on any atom is 0.264 e. The number of ether oxygens (including phenoxy) is 1. The molecule has 2 aliphatic rings. The maximum absolute atomic E-state index is 13.8. The first-order valence-electron chi connectivity index (χ1n) is 12.8. The van der Waals surface area contributed by atoms with Gasteiger partial charge in [0.05, 0.1) is 19.3 Å². The van der Waals surface area contributed by atoms with Gasteiger partial charge in [-0.1, -0.05) is 44.1 Å². The Balaban J connectivity index is 1.66. The summed E-state index contributed by atoms with van der Waals surface area (Å²) in [5.74, 6) is -0.220. The molecule has 2 aromatic carbocycles. The van der Waals surface area contributed by atoms with E-state index in [1.165, 1.54) is 0 Å². The van der Waals surface area contributed by atoms with Crippen molar-refractivity contribution in [3.05, 3.63) is 65.7 Å². The molecule has 0 aromatic heterocycles. The third kappa shape index (κ3) is 5.04. The van der Waals surface area contributed by atoms with Gasteiger partial charge in [-0.3, -0.25) is 9.59 Å². The van der Waals surface area contributed by atoms with E-state index in [1.54, 1.807) is 49.3 Å². The standard InChI is InChI=1S/C29H36N2O5/c1-21(10-6-8-17-32)29(35)25-19-24(36-2)14-15-26(25)31(28(29)34)20-22-11-9-12-23(18-22)30-16-7-4-3-5-13-27(30)33/h6,9-12,14-15,18-19,21,32,35H,3-5,7-8,13,16-17,20H2,1-2H3/b10-6+/t21-,29+/m0/s1. The minimum absolute atomic E-state index is 0.00198. The van der Waals surface area contributed by atoms with Gasteiger partial charge in [-0.15, -0.1) is 0 Å². The summed E-state index contributed by atoms with van der Waals surface area (Å²) in [7, 11) is 1.55. The molecule has 2 N–H and O–H groups in total. The molecule has 7 heteroatoms. The van der Waals surface area contributed by atoms with E-state index in [9.17, 15) is 14.7 Å². The first kappa shape index (κ1) is 25.9. The average Bonchev–Trinajstić information content (AvgIpc) is 3.09. The van der Waals surface area contributed by atoms with Gasteiger partial charge in [-0.2, -0.15) is 0 Å². The predicted octanol–water partition coefficient (Wildman–Crippen LogP) is 4.30. The van der Waals surface area contributed by atoms with Gasteiger partial charge in [0.2, 0.25) is 5.91 Å². The van der Waals surface area contributed by atoms with E-state index < -0.39 is 17.4 Å². The fourth-order valence-corrected chi connectivity index (χ4v) is 5.16. The molecule has 4 rings (SSSR count). The van der Waals surface area contributed by atoms with Crippen molar-refractivity contribution >= 4 is 23.2 Å². The van der Waals surface area contributed by atoms with Crippen LogP contribution in [0.4, 0.5) is 11.4 Å². The molecule has 0 aliphatic carbocycles. The van der Waals surface area contributed by atoms with Gasteiger partial charge in [-0.25, -0.2) is 0 Å². The van der Waals surface area contributed by atoms with Gasteiger partial charge in [0.15, 0.2) is 5.60 Å². The Morgan fingerprint density at radius 3 is 2.69 bits per heavy atom. The number of carbonyl (C=O) groups excluding carboxylic acids is 2. The molecule has 192 valence electrons. The molecule has 36 heavy (non-hydrogen) atoms. The summed E-state index contributed by atoms with van der Waals surface area (Å²) in [4.78, 5) is 30.0. The Hall–Kier alpha value is -3.16. The summed E-state index contributed by atoms with van der Waals surface area (Å²) in [6, 6.07) is 13.1. The summed E-state index contributed by atoms with van der Waals surface area (Å²) in [5, 5.41) is 20.9. The lowest BCUT2D eigenvalue weighted by molar-refractivity contribution is -0.139. The van der Waals surface area contributed by atoms with E-state index in [2.05, 4.69) is 0 Å². The predicted molar refractivity (Wildman–Crippen MR) is 140 cm³/mol. The normalized spacial score (nSPS) is 21.4. The van der Waals surface area contributed by atoms with E-state index in [4.69, 9.17) is 9.84 Å². The summed E-state index contributed by atoms with van der Waals surface area (Å²) in [5.41, 5.74) is 1.11. The smallest absolute Gasteiger partial charge is 0.264 e. The number of benzene rings is 2. The number of hydrogen-bond acceptors (Lipinski definition) is 5. The largest absolute Gasteiger partial charge is 0.497 e. The topological polar surface area (TPSA) is 90.3 Å². The number of amides is 2. The van der Waals surface area contributed by atoms with Crippen LogP contribution in [0.2, 0.25) is 0 Å². The van der Waals surface area contributed by atoms with Crippen molar-refractivity contribution in [2.24, 2.45) is 5.92 Å². The molecule has 0 unspecified atom stereocenters. The highest BCUT2D eigenvalue weighted by molar-refractivity contribution is 6.07. The zero-order chi connectivity index (χ0) is 25.7. The number of aliphatic hydroxyl groups is 2. The molecule has 2 aromatic rings. The van der Waals surface area contributed by atoms with E-state index in [1.807, 2.05) is 29.2 Å². The summed E-state index contributed by atoms with van der Waals surface area (Å²) >= 11 is 0. The van der Waals surface area contributed by atoms with Crippen molar-refractivity contribution in [3.8, 4) is 5.75 Å². The molecule has 1 fully saturated rings. The number of fused-ring (bicyclic) bond motifs is 1. The molecule has 2 heterocycles. The Morgan fingerprint density at radius 2 is 1.92 bits per heavy atom. The van der Waals surface area contributed by atoms with Crippen LogP contribution in [-0.2, 0) is 21.7 Å². The summed E-state index contributed by atoms with van der Waals surface area (Å²) < 4.78 is 5.38. The number of carbonyl (C=O) groups is 2. The van der Waals surface area contributed by atoms with Gasteiger partial charge in [0.25, 0.3) is 5.91 Å². The Labute approximate surface area is 213 Å². The molecule has 0 radical (unpaired) electrons. The van der Waals surface area contributed by atoms with Gasteiger partial charge in [0.1, 0.15) is 5.75 Å². The molecular formula is C29H36N2O5. The highest BCUT2D eigenvalue weighted by Gasteiger charge is 2.52. The van der Waals surface area contributed by atoms with Gasteiger partial charge >= 0.3 is 0 Å². The third-order valence-corrected chi connectivity index (χ3v) is 7.24. The Kier molecular flexibility index (Phi) is 8.11. The molecule has 1 saturated heterocycles. The number of methoxy groups -OCH3 is 1. The fourth-order valence-electron chi connectivity index (χ4n) is 5.16. The van der Waals surface area contributed by atoms with E-state index in [0.717, 1.165) is 36.9 Å². The molecular weight excluding hydrogens is 456 g/mol. The molecule has 0 bridgehead atoms. The monoisotopic (exact) mass is 492 g/mol. The lowest BCUT2D eigenvalue weighted by Gasteiger charge is -2.28. The molecule has 2 amide bonds. The maximum atomic E-state index is 13.8. The van der Waals surface area contributed by atoms with E-state index >= 15 is 0 Å². The zero-order valence-corrected chi connectivity index (χ0v) is 21.2. The summed E-state index contributed by atoms with van der Waals surface area (Å²) in [6.07, 6.45) is 8.67. The molecule has 2 aliphatic heterocycles. The second-order valence-electron chi connectivity index (χ2n) is 9.65. The zero-order valence-electron chi connectivity index (χ0n) is 21.2. The van der Waals surface area contributed by atoms with E-state index in [-0.39, 0.29) is 19.1 Å². The highest BCUT2D eigenvalue weighted by atomic mass is 16.5. The van der Waals surface area contributed by atoms with Crippen molar-refractivity contribution < 1.29 is 24.5 Å². The Morgan fingerprint density at radius 1 is 1.11 bits per heavy atom. The second kappa shape index (κ2) is 11.3. The second-order valence-corrected chi connectivity index (χ2v) is 9.65. The molecule has 7 nitrogen and oxygen atoms in total. The van der Waals surface area contributed by atoms with Crippen LogP contribution < -0.4 is 14.5 Å². The molecule has 2 atom stereocenters. The van der Waals surface area contributed by atoms with Crippen LogP contribution in [0.15, 0.2) is 54.6 Å². The molecule has 0 saturated carbocycles. The first-order chi connectivity index (χ1) is 17.4. The van der Waals surface area contributed by atoms with Crippen LogP contribution in [0.25, 0.3) is 0 Å². The van der Waals surface area contributed by atoms with Crippen LogP contribution in [0.5, 0.6) is 5.75 Å². The van der Waals surface area contributed by atoms with Crippen molar-refractivity contribution in [3.63, 3.8) is 0 Å². The quantitative estimate of drug-likeness (QED) is 0.536. The van der Waals surface area contributed by atoms with Crippen molar-refractivity contribution in [1.82, 2.24) is 0 Å². The number of rotatable bonds is 8. The minimum atomic E-state index is -1.76. The SMILES string of the molecule is COc1ccc2c(c1)[C@](O)([C@@H](C)/C=C/CCO)C(=O)N2Cc1cccc(N2CCCCCCC2=O)c1. The number of hydrogen-bond donors (Lipinski definition) is 2. The number of aliphatic hydroxyl groups excluding tert-OH is 1. The van der Waals surface area contributed by atoms with Gasteiger partial charge < -0.3 is 24.7 Å². The van der Waals surface area contributed by atoms with Crippen molar-refractivity contribution in [2.75, 3.05) is 30.1 Å². The summed E-state index contributed by atoms with van der Waals surface area (Å²) in [6.45, 7) is 2.77. The average molecular weight is 493 g/mol. The van der Waals surface area contributed by atoms with Crippen LogP contribution >= 0.6 is 0 Å². The van der Waals surface area contributed by atoms with Crippen LogP contribution in [0.1, 0.15) is 56.6 Å². The lowest BCUT2D eigenvalue weighted by atomic mass is 9.83. The highest BCUT2D eigenvalue weighted by Crippen LogP contribution is 2.47. The van der Waals surface area contributed by atoms with Gasteiger partial charge in [-0.05, 0) is 55.2 Å². The number of nitrogens with zero attached hydrogens (tertiary/aromatic N) is 2. The van der Waals surface area contributed by atoms with Crippen molar-refractivity contribution in [1.29, 1.82) is 0 Å². The lowest BCUT2D eigenvalue weighted by Crippen LogP contribution is -2.44. The molecule has 0 spiro atoms. The van der Waals surface area contributed by atoms with Crippen LogP contribution in [-0.4, -0.2) is 42.3 Å². The van der Waals surface area contributed by atoms with Gasteiger partial charge in [0, 0.05) is 36.7 Å². The number of anilines is 2. The van der Waals surface area contributed by atoms with Crippen molar-refractivity contribution in [2.45, 2.75) is 57.6 Å². The third-order valence-electron chi connectivity index (χ3n) is 7.24. The van der Waals surface area contributed by atoms with E-state index in [0.29, 0.717) is 36.4 Å².